The molecule has 2 aliphatic rings. The molecule has 0 spiro atoms. The van der Waals surface area contributed by atoms with Crippen molar-refractivity contribution in [2.24, 2.45) is 0 Å². The number of benzene rings is 4. The highest BCUT2D eigenvalue weighted by molar-refractivity contribution is 7.91. The van der Waals surface area contributed by atoms with Crippen molar-refractivity contribution in [3.63, 3.8) is 0 Å². The minimum absolute atomic E-state index is 0.115. The quantitative estimate of drug-likeness (QED) is 0.0809. The molecule has 22 heteroatoms. The van der Waals surface area contributed by atoms with Gasteiger partial charge >= 0.3 is 6.18 Å². The molecule has 390 valence electrons. The van der Waals surface area contributed by atoms with Gasteiger partial charge in [0.25, 0.3) is 31.9 Å². The Kier molecular flexibility index (Phi) is 19.2. The van der Waals surface area contributed by atoms with Crippen LogP contribution in [-0.2, 0) is 52.4 Å². The third-order valence-corrected chi connectivity index (χ3v) is 19.8. The molecule has 13 nitrogen and oxygen atoms in total. The number of alkyl halides is 3. The Labute approximate surface area is 442 Å². The first-order valence-electron chi connectivity index (χ1n) is 23.3. The molecule has 6 aromatic rings. The van der Waals surface area contributed by atoms with Gasteiger partial charge in [-0.3, -0.25) is 14.5 Å². The van der Waals surface area contributed by atoms with E-state index in [1.54, 1.807) is 77.1 Å². The van der Waals surface area contributed by atoms with Crippen molar-refractivity contribution in [1.29, 1.82) is 0 Å². The molecule has 0 bridgehead atoms. The zero-order valence-electron chi connectivity index (χ0n) is 39.9. The summed E-state index contributed by atoms with van der Waals surface area (Å²) in [5.41, 5.74) is 2.15. The number of ether oxygens (including phenoxy) is 1. The van der Waals surface area contributed by atoms with Gasteiger partial charge in [-0.15, -0.1) is 22.7 Å². The van der Waals surface area contributed by atoms with E-state index in [1.165, 1.54) is 34.9 Å². The molecule has 2 amide bonds. The van der Waals surface area contributed by atoms with E-state index in [-0.39, 0.29) is 41.2 Å². The zero-order chi connectivity index (χ0) is 52.3. The molecule has 2 aromatic heterocycles. The van der Waals surface area contributed by atoms with Crippen molar-refractivity contribution in [3.05, 3.63) is 169 Å². The topological polar surface area (TPSA) is 157 Å². The molecule has 73 heavy (non-hydrogen) atoms. The Bertz CT molecular complexity index is 3040. The van der Waals surface area contributed by atoms with Crippen LogP contribution in [0.1, 0.15) is 72.8 Å². The first-order valence-corrected chi connectivity index (χ1v) is 28.5. The Morgan fingerprint density at radius 1 is 0.658 bits per heavy atom. The lowest BCUT2D eigenvalue weighted by Gasteiger charge is -2.36. The van der Waals surface area contributed by atoms with Crippen molar-refractivity contribution in [1.82, 2.24) is 29.5 Å². The highest BCUT2D eigenvalue weighted by Gasteiger charge is 2.34. The summed E-state index contributed by atoms with van der Waals surface area (Å²) in [5, 5.41) is 10.4. The summed E-state index contributed by atoms with van der Waals surface area (Å²) >= 11 is 14.2. The second-order valence-corrected chi connectivity index (χ2v) is 25.0. The van der Waals surface area contributed by atoms with Crippen LogP contribution < -0.4 is 20.7 Å². The third-order valence-electron chi connectivity index (χ3n) is 12.4. The van der Waals surface area contributed by atoms with E-state index >= 15 is 0 Å². The second-order valence-electron chi connectivity index (χ2n) is 17.5. The number of sulfonamides is 2. The number of nitrogens with one attached hydrogen (secondary N) is 3. The van der Waals surface area contributed by atoms with E-state index < -0.39 is 31.8 Å². The number of hydrogen-bond acceptors (Lipinski definition) is 11. The molecule has 0 radical (unpaired) electrons. The van der Waals surface area contributed by atoms with Crippen LogP contribution in [-0.4, -0.2) is 94.6 Å². The minimum Gasteiger partial charge on any atom is -0.497 e. The first kappa shape index (κ1) is 55.9. The molecular weight excluding hydrogens is 1060 g/mol. The number of amides is 2. The molecule has 4 aromatic carbocycles. The number of carbonyl (C=O) groups excluding carboxylic acids is 2. The molecular formula is C51H55Cl2F3N6O7S4. The van der Waals surface area contributed by atoms with Crippen molar-refractivity contribution in [2.75, 3.05) is 40.3 Å². The standard InChI is InChI=1S/C27H30F3N3O4S2.C24H25Cl2N3O3S2/c1-32(18-19-6-8-21(9-7-19)27(28,29)30)22-12-14-33(15-13-22)39(35,36)25-11-10-24(38-25)17-31-26(34)20-4-3-5-23(16-20)37-2;25-19-6-4-18(5-7-19)24(30)28-16-22-8-9-23(33-22)34(31,32)29-12-10-21(11-13-29)27-15-17-2-1-3-20(26)14-17/h3-11,16,22H,12-15,17-18H2,1-2H3,(H,31,34);1-9,14,21,27H,10-13,15-16H2,(H,28,30). The Morgan fingerprint density at radius 2 is 1.21 bits per heavy atom. The van der Waals surface area contributed by atoms with Crippen molar-refractivity contribution in [2.45, 2.75) is 78.5 Å². The van der Waals surface area contributed by atoms with Crippen LogP contribution in [0.3, 0.4) is 0 Å². The van der Waals surface area contributed by atoms with Gasteiger partial charge in [0, 0.05) is 82.3 Å². The second kappa shape index (κ2) is 25.1. The van der Waals surface area contributed by atoms with Gasteiger partial charge in [0.15, 0.2) is 0 Å². The molecule has 0 atom stereocenters. The number of thiophene rings is 2. The van der Waals surface area contributed by atoms with Gasteiger partial charge in [-0.1, -0.05) is 53.5 Å². The van der Waals surface area contributed by atoms with E-state index in [1.807, 2.05) is 31.3 Å². The molecule has 0 saturated carbocycles. The van der Waals surface area contributed by atoms with Gasteiger partial charge in [-0.05, 0) is 135 Å². The Hall–Kier alpha value is -4.87. The lowest BCUT2D eigenvalue weighted by molar-refractivity contribution is -0.137. The number of piperidine rings is 2. The van der Waals surface area contributed by atoms with Gasteiger partial charge < -0.3 is 20.7 Å². The van der Waals surface area contributed by atoms with Gasteiger partial charge in [0.1, 0.15) is 14.2 Å². The average Bonchev–Trinajstić information content (AvgIpc) is 4.09. The third kappa shape index (κ3) is 15.4. The fourth-order valence-corrected chi connectivity index (χ4v) is 14.5. The van der Waals surface area contributed by atoms with E-state index in [9.17, 15) is 39.6 Å². The van der Waals surface area contributed by atoms with Crippen LogP contribution in [0.2, 0.25) is 10.0 Å². The molecule has 2 saturated heterocycles. The normalized spacial score (nSPS) is 15.4. The number of hydrogen-bond donors (Lipinski definition) is 3. The van der Waals surface area contributed by atoms with Crippen LogP contribution in [0.5, 0.6) is 5.75 Å². The lowest BCUT2D eigenvalue weighted by atomic mass is 10.0. The summed E-state index contributed by atoms with van der Waals surface area (Å²) in [7, 11) is -3.80. The van der Waals surface area contributed by atoms with Gasteiger partial charge in [-0.25, -0.2) is 16.8 Å². The van der Waals surface area contributed by atoms with E-state index in [0.717, 1.165) is 57.2 Å². The zero-order valence-corrected chi connectivity index (χ0v) is 44.7. The number of nitrogens with zero attached hydrogens (tertiary/aromatic N) is 3. The predicted octanol–water partition coefficient (Wildman–Crippen LogP) is 9.92. The fraction of sp³-hybridized carbons (Fsp3) is 0.333. The molecule has 4 heterocycles. The molecule has 2 fully saturated rings. The number of rotatable bonds is 17. The maximum Gasteiger partial charge on any atom is 0.416 e. The average molecular weight is 1120 g/mol. The summed E-state index contributed by atoms with van der Waals surface area (Å²) in [6.07, 6.45) is -1.64. The molecule has 3 N–H and O–H groups in total. The summed E-state index contributed by atoms with van der Waals surface area (Å²) < 4.78 is 99.8. The van der Waals surface area contributed by atoms with E-state index in [2.05, 4.69) is 20.9 Å². The van der Waals surface area contributed by atoms with Crippen LogP contribution in [0.4, 0.5) is 13.2 Å². The summed E-state index contributed by atoms with van der Waals surface area (Å²) in [5.74, 6) is 0.0534. The predicted molar refractivity (Wildman–Crippen MR) is 280 cm³/mol. The monoisotopic (exact) mass is 1120 g/mol. The molecule has 2 aliphatic heterocycles. The van der Waals surface area contributed by atoms with Crippen LogP contribution in [0, 0.1) is 0 Å². The Morgan fingerprint density at radius 3 is 1.75 bits per heavy atom. The summed E-state index contributed by atoms with van der Waals surface area (Å²) in [6.45, 7) is 3.28. The van der Waals surface area contributed by atoms with Crippen molar-refractivity contribution < 1.29 is 44.3 Å². The van der Waals surface area contributed by atoms with Crippen LogP contribution in [0.25, 0.3) is 0 Å². The summed E-state index contributed by atoms with van der Waals surface area (Å²) in [6, 6.07) is 33.2. The van der Waals surface area contributed by atoms with Gasteiger partial charge in [0.2, 0.25) is 0 Å². The number of methoxy groups -OCH3 is 1. The van der Waals surface area contributed by atoms with Crippen molar-refractivity contribution >= 4 is 77.7 Å². The van der Waals surface area contributed by atoms with Crippen molar-refractivity contribution in [3.8, 4) is 5.75 Å². The summed E-state index contributed by atoms with van der Waals surface area (Å²) in [4.78, 5) is 28.3. The van der Waals surface area contributed by atoms with Crippen LogP contribution in [0.15, 0.2) is 130 Å². The maximum absolute atomic E-state index is 13.2. The highest BCUT2D eigenvalue weighted by atomic mass is 35.5. The molecule has 0 unspecified atom stereocenters. The molecule has 0 aliphatic carbocycles. The van der Waals surface area contributed by atoms with Gasteiger partial charge in [-0.2, -0.15) is 21.8 Å². The lowest BCUT2D eigenvalue weighted by Crippen LogP contribution is -2.45. The van der Waals surface area contributed by atoms with E-state index in [4.69, 9.17) is 27.9 Å². The first-order chi connectivity index (χ1) is 34.8. The number of halogens is 5. The maximum atomic E-state index is 13.2. The van der Waals surface area contributed by atoms with Gasteiger partial charge in [0.05, 0.1) is 25.8 Å². The highest BCUT2D eigenvalue weighted by Crippen LogP contribution is 2.32. The largest absolute Gasteiger partial charge is 0.497 e. The fourth-order valence-electron chi connectivity index (χ4n) is 8.29. The van der Waals surface area contributed by atoms with Crippen LogP contribution >= 0.6 is 45.9 Å². The number of carbonyl (C=O) groups is 2. The van der Waals surface area contributed by atoms with E-state index in [0.29, 0.717) is 83.2 Å². The minimum atomic E-state index is -4.36. The smallest absolute Gasteiger partial charge is 0.416 e. The molecule has 8 rings (SSSR count). The Balaban J connectivity index is 0.000000216. The SMILES string of the molecule is COc1cccc(C(=O)NCc2ccc(S(=O)(=O)N3CCC(N(C)Cc4ccc(C(F)(F)F)cc4)CC3)s2)c1.O=C(NCc1ccc(S(=O)(=O)N2CCC(NCc3cccc(Cl)c3)CC2)s1)c1ccc(Cl)cc1.